The van der Waals surface area contributed by atoms with Crippen LogP contribution in [0.5, 0.6) is 5.75 Å². The average Bonchev–Trinajstić information content (AvgIpc) is 3.67. The summed E-state index contributed by atoms with van der Waals surface area (Å²) in [6, 6.07) is 18.9. The molecule has 1 aliphatic heterocycles. The van der Waals surface area contributed by atoms with Gasteiger partial charge in [-0.05, 0) is 60.6 Å². The number of fused-ring (bicyclic) bond motifs is 1. The van der Waals surface area contributed by atoms with Crippen LogP contribution in [0.3, 0.4) is 0 Å². The van der Waals surface area contributed by atoms with Crippen molar-refractivity contribution in [3.05, 3.63) is 102 Å². The summed E-state index contributed by atoms with van der Waals surface area (Å²) in [5.74, 6) is -2.61. The Bertz CT molecular complexity index is 2070. The maximum absolute atomic E-state index is 14.4. The van der Waals surface area contributed by atoms with Crippen LogP contribution in [0.25, 0.3) is 10.9 Å². The van der Waals surface area contributed by atoms with Crippen molar-refractivity contribution >= 4 is 46.4 Å². The van der Waals surface area contributed by atoms with E-state index in [0.29, 0.717) is 24.9 Å². The number of carbonyl (C=O) groups excluding carboxylic acids is 5. The summed E-state index contributed by atoms with van der Waals surface area (Å²) >= 11 is 0. The molecule has 15 heteroatoms. The fraction of sp³-hybridized carbons (Fsp3) is 0.447. The predicted molar refractivity (Wildman–Crippen MR) is 240 cm³/mol. The van der Waals surface area contributed by atoms with Gasteiger partial charge in [-0.15, -0.1) is 0 Å². The Morgan fingerprint density at radius 1 is 0.629 bits per heavy atom. The molecule has 4 unspecified atom stereocenters. The Kier molecular flexibility index (Phi) is 18.7. The summed E-state index contributed by atoms with van der Waals surface area (Å²) in [5, 5.41) is 35.8. The number of nitrogens with two attached hydrogens (primary N) is 1. The molecule has 2 heterocycles. The van der Waals surface area contributed by atoms with Crippen molar-refractivity contribution in [2.75, 3.05) is 13.1 Å². The van der Waals surface area contributed by atoms with Crippen LogP contribution in [0.1, 0.15) is 93.7 Å². The van der Waals surface area contributed by atoms with Crippen LogP contribution in [-0.4, -0.2) is 82.8 Å². The summed E-state index contributed by atoms with van der Waals surface area (Å²) in [4.78, 5) is 73.5. The van der Waals surface area contributed by atoms with Gasteiger partial charge in [-0.1, -0.05) is 106 Å². The van der Waals surface area contributed by atoms with E-state index >= 15 is 0 Å². The first-order chi connectivity index (χ1) is 30.0. The first kappa shape index (κ1) is 46.7. The lowest BCUT2D eigenvalue weighted by Gasteiger charge is -2.27. The molecule has 11 N–H and O–H groups in total. The minimum Gasteiger partial charge on any atom is -0.508 e. The maximum atomic E-state index is 14.4. The van der Waals surface area contributed by atoms with Crippen molar-refractivity contribution in [1.29, 1.82) is 5.41 Å². The van der Waals surface area contributed by atoms with E-state index in [1.165, 1.54) is 12.1 Å². The van der Waals surface area contributed by atoms with Gasteiger partial charge in [-0.3, -0.25) is 29.4 Å². The van der Waals surface area contributed by atoms with Crippen LogP contribution in [0, 0.1) is 5.41 Å². The number of phenols is 1. The zero-order valence-corrected chi connectivity index (χ0v) is 35.5. The fourth-order valence-corrected chi connectivity index (χ4v) is 7.73. The van der Waals surface area contributed by atoms with E-state index in [9.17, 15) is 29.1 Å². The van der Waals surface area contributed by atoms with Gasteiger partial charge >= 0.3 is 0 Å². The van der Waals surface area contributed by atoms with Gasteiger partial charge in [0.25, 0.3) is 0 Å². The number of aromatic amines is 1. The number of nitrogens with one attached hydrogen (secondary N) is 8. The molecule has 15 nitrogen and oxygen atoms in total. The van der Waals surface area contributed by atoms with E-state index in [0.717, 1.165) is 73.4 Å². The Hall–Kier alpha value is -6.38. The summed E-state index contributed by atoms with van der Waals surface area (Å²) in [5.41, 5.74) is 8.70. The zero-order chi connectivity index (χ0) is 44.1. The molecule has 332 valence electrons. The van der Waals surface area contributed by atoms with E-state index in [1.807, 2.05) is 60.8 Å². The normalized spacial score (nSPS) is 20.9. The molecule has 1 aliphatic rings. The first-order valence-electron chi connectivity index (χ1n) is 22.0. The van der Waals surface area contributed by atoms with E-state index in [1.54, 1.807) is 12.1 Å². The fourth-order valence-electron chi connectivity index (χ4n) is 7.73. The van der Waals surface area contributed by atoms with Crippen molar-refractivity contribution in [3.8, 4) is 5.75 Å². The quantitative estimate of drug-likeness (QED) is 0.0631. The zero-order valence-electron chi connectivity index (χ0n) is 35.5. The number of guanidine groups is 1. The number of rotatable bonds is 10. The number of aromatic hydroxyl groups is 1. The summed E-state index contributed by atoms with van der Waals surface area (Å²) in [7, 11) is 0. The molecule has 1 saturated heterocycles. The molecule has 1 fully saturated rings. The van der Waals surface area contributed by atoms with Gasteiger partial charge < -0.3 is 47.7 Å². The van der Waals surface area contributed by atoms with Crippen molar-refractivity contribution in [2.45, 2.75) is 120 Å². The summed E-state index contributed by atoms with van der Waals surface area (Å²) in [6.45, 7) is 0.698. The molecule has 4 atom stereocenters. The number of para-hydroxylation sites is 1. The third-order valence-corrected chi connectivity index (χ3v) is 11.2. The Morgan fingerprint density at radius 3 is 1.85 bits per heavy atom. The minimum atomic E-state index is -1.17. The van der Waals surface area contributed by atoms with Crippen LogP contribution in [0.4, 0.5) is 0 Å². The third-order valence-electron chi connectivity index (χ3n) is 11.2. The van der Waals surface area contributed by atoms with Gasteiger partial charge in [0.05, 0.1) is 0 Å². The highest BCUT2D eigenvalue weighted by Crippen LogP contribution is 2.20. The van der Waals surface area contributed by atoms with Gasteiger partial charge in [-0.25, -0.2) is 0 Å². The number of hydrogen-bond acceptors (Lipinski definition) is 7. The van der Waals surface area contributed by atoms with E-state index in [4.69, 9.17) is 11.1 Å². The predicted octanol–water partition coefficient (Wildman–Crippen LogP) is 4.13. The largest absolute Gasteiger partial charge is 0.508 e. The highest BCUT2D eigenvalue weighted by Gasteiger charge is 2.32. The monoisotopic (exact) mass is 849 g/mol. The van der Waals surface area contributed by atoms with Crippen molar-refractivity contribution in [2.24, 2.45) is 5.73 Å². The molecular formula is C47H63N9O6. The number of hydrogen-bond donors (Lipinski definition) is 10. The number of aromatic nitrogens is 1. The first-order valence-corrected chi connectivity index (χ1v) is 22.0. The van der Waals surface area contributed by atoms with Gasteiger partial charge in [0.2, 0.25) is 29.5 Å². The van der Waals surface area contributed by atoms with Crippen LogP contribution in [-0.2, 0) is 43.2 Å². The van der Waals surface area contributed by atoms with Crippen molar-refractivity contribution in [1.82, 2.24) is 36.9 Å². The molecule has 5 rings (SSSR count). The summed E-state index contributed by atoms with van der Waals surface area (Å²) in [6.07, 6.45) is 11.4. The van der Waals surface area contributed by atoms with E-state index < -0.39 is 41.9 Å². The molecule has 62 heavy (non-hydrogen) atoms. The summed E-state index contributed by atoms with van der Waals surface area (Å²) < 4.78 is 0. The second-order valence-electron chi connectivity index (χ2n) is 16.1. The standard InChI is InChI=1S/C47H63N9O6/c48-47(49)51-27-15-20-38-44(60)56-41(30-34-31-52-37-19-13-12-18-36(34)37)43(59)50-26-14-7-5-3-1-2-4-6-11-21-42(58)53-39(29-33-22-24-35(57)25-23-33)45(61)55-40(46(62)54-38)28-32-16-9-8-10-17-32/h8-10,12-13,16-19,22-25,31,38-41,52,57H,1-7,11,14-15,20-21,26-30H2,(H,50,59)(H,53,58)(H,54,62)(H,55,61)(H,56,60)(H4,48,49,51). The molecule has 0 aliphatic carbocycles. The molecule has 1 aromatic heterocycles. The second kappa shape index (κ2) is 24.8. The topological polar surface area (TPSA) is 243 Å². The molecule has 0 saturated carbocycles. The molecule has 4 aromatic rings. The van der Waals surface area contributed by atoms with Crippen molar-refractivity contribution in [3.63, 3.8) is 0 Å². The maximum Gasteiger partial charge on any atom is 0.243 e. The third kappa shape index (κ3) is 15.6. The molecular weight excluding hydrogens is 787 g/mol. The van der Waals surface area contributed by atoms with Crippen LogP contribution < -0.4 is 37.6 Å². The lowest BCUT2D eigenvalue weighted by Crippen LogP contribution is -2.59. The lowest BCUT2D eigenvalue weighted by molar-refractivity contribution is -0.134. The van der Waals surface area contributed by atoms with Crippen LogP contribution in [0.2, 0.25) is 0 Å². The molecule has 0 radical (unpaired) electrons. The SMILES string of the molecule is N=C(N)NCCCC1NC(=O)C(Cc2ccccc2)NC(=O)C(Cc2ccc(O)cc2)NC(=O)CCCCCCCCCCCNC(=O)C(Cc2c[nH]c3ccccc23)NC1=O. The highest BCUT2D eigenvalue weighted by molar-refractivity contribution is 5.96. The highest BCUT2D eigenvalue weighted by atomic mass is 16.3. The Morgan fingerprint density at radius 2 is 1.18 bits per heavy atom. The molecule has 0 bridgehead atoms. The number of H-pyrrole nitrogens is 1. The smallest absolute Gasteiger partial charge is 0.243 e. The van der Waals surface area contributed by atoms with Crippen LogP contribution in [0.15, 0.2) is 85.1 Å². The van der Waals surface area contributed by atoms with Crippen molar-refractivity contribution < 1.29 is 29.1 Å². The van der Waals surface area contributed by atoms with Gasteiger partial charge in [0.1, 0.15) is 29.9 Å². The minimum absolute atomic E-state index is 0.0617. The van der Waals surface area contributed by atoms with Crippen LogP contribution >= 0.6 is 0 Å². The number of phenolic OH excluding ortho intramolecular Hbond substituents is 1. The number of amides is 5. The van der Waals surface area contributed by atoms with Gasteiger partial charge in [0, 0.05) is 55.9 Å². The average molecular weight is 850 g/mol. The number of carbonyl (C=O) groups is 5. The van der Waals surface area contributed by atoms with Gasteiger partial charge in [0.15, 0.2) is 5.96 Å². The molecule has 3 aromatic carbocycles. The van der Waals surface area contributed by atoms with E-state index in [2.05, 4.69) is 36.9 Å². The molecule has 0 spiro atoms. The second-order valence-corrected chi connectivity index (χ2v) is 16.1. The lowest BCUT2D eigenvalue weighted by atomic mass is 10.0. The number of benzene rings is 3. The Balaban J connectivity index is 1.44. The Labute approximate surface area is 363 Å². The van der Waals surface area contributed by atoms with Gasteiger partial charge in [-0.2, -0.15) is 0 Å². The van der Waals surface area contributed by atoms with E-state index in [-0.39, 0.29) is 62.2 Å². The molecule has 5 amide bonds.